The third kappa shape index (κ3) is 1.41. The summed E-state index contributed by atoms with van der Waals surface area (Å²) < 4.78 is 31.6. The smallest absolute Gasteiger partial charge is 0.128 e. The van der Waals surface area contributed by atoms with Crippen molar-refractivity contribution in [2.75, 3.05) is 0 Å². The predicted molar refractivity (Wildman–Crippen MR) is 36.0 cm³/mol. The van der Waals surface area contributed by atoms with Crippen LogP contribution in [0.5, 0.6) is 0 Å². The molecule has 0 saturated heterocycles. The molecule has 0 amide bonds. The SMILES string of the molecule is Cc1n[nH]c(C)c1S(=O)(=O)[O-]. The Hall–Kier alpha value is -0.880. The summed E-state index contributed by atoms with van der Waals surface area (Å²) in [5, 5.41) is 5.99. The molecule has 62 valence electrons. The van der Waals surface area contributed by atoms with Gasteiger partial charge in [0.1, 0.15) is 10.1 Å². The van der Waals surface area contributed by atoms with Gasteiger partial charge in [0.15, 0.2) is 0 Å². The minimum absolute atomic E-state index is 0.220. The molecule has 0 aliphatic carbocycles. The molecule has 0 aliphatic heterocycles. The first-order valence-corrected chi connectivity index (χ1v) is 4.31. The molecule has 6 heteroatoms. The molecule has 0 bridgehead atoms. The molecule has 0 aliphatic rings. The highest BCUT2D eigenvalue weighted by Gasteiger charge is 2.11. The molecular weight excluding hydrogens is 168 g/mol. The largest absolute Gasteiger partial charge is 0.744 e. The van der Waals surface area contributed by atoms with E-state index in [1.807, 2.05) is 0 Å². The van der Waals surface area contributed by atoms with Crippen molar-refractivity contribution in [1.82, 2.24) is 10.2 Å². The van der Waals surface area contributed by atoms with E-state index in [1.54, 1.807) is 0 Å². The number of hydrogen-bond acceptors (Lipinski definition) is 4. The van der Waals surface area contributed by atoms with Gasteiger partial charge in [0.2, 0.25) is 0 Å². The van der Waals surface area contributed by atoms with E-state index in [-0.39, 0.29) is 16.3 Å². The van der Waals surface area contributed by atoms with Crippen molar-refractivity contribution in [1.29, 1.82) is 0 Å². The van der Waals surface area contributed by atoms with E-state index in [2.05, 4.69) is 10.2 Å². The van der Waals surface area contributed by atoms with Crippen molar-refractivity contribution in [3.05, 3.63) is 11.4 Å². The maximum Gasteiger partial charge on any atom is 0.128 e. The second-order valence-electron chi connectivity index (χ2n) is 2.22. The van der Waals surface area contributed by atoms with Gasteiger partial charge in [-0.3, -0.25) is 5.10 Å². The van der Waals surface area contributed by atoms with E-state index in [4.69, 9.17) is 0 Å². The molecule has 1 aromatic heterocycles. The number of aryl methyl sites for hydroxylation is 2. The van der Waals surface area contributed by atoms with Gasteiger partial charge in [0.25, 0.3) is 0 Å². The minimum Gasteiger partial charge on any atom is -0.744 e. The highest BCUT2D eigenvalue weighted by Crippen LogP contribution is 2.14. The number of aromatic nitrogens is 2. The second kappa shape index (κ2) is 2.31. The molecular formula is C5H7N2O3S-. The van der Waals surface area contributed by atoms with Gasteiger partial charge in [-0.2, -0.15) is 5.10 Å². The molecule has 1 rings (SSSR count). The Morgan fingerprint density at radius 3 is 2.18 bits per heavy atom. The van der Waals surface area contributed by atoms with Crippen LogP contribution in [-0.4, -0.2) is 23.2 Å². The van der Waals surface area contributed by atoms with Gasteiger partial charge < -0.3 is 4.55 Å². The van der Waals surface area contributed by atoms with Crippen LogP contribution < -0.4 is 0 Å². The zero-order valence-electron chi connectivity index (χ0n) is 6.08. The van der Waals surface area contributed by atoms with Gasteiger partial charge in [0.05, 0.1) is 10.6 Å². The van der Waals surface area contributed by atoms with Crippen LogP contribution in [0.3, 0.4) is 0 Å². The van der Waals surface area contributed by atoms with Crippen LogP contribution in [0.15, 0.2) is 4.90 Å². The van der Waals surface area contributed by atoms with Crippen LogP contribution in [0.25, 0.3) is 0 Å². The summed E-state index contributed by atoms with van der Waals surface area (Å²) in [7, 11) is -4.36. The zero-order chi connectivity index (χ0) is 8.65. The molecule has 0 aromatic carbocycles. The van der Waals surface area contributed by atoms with E-state index in [0.29, 0.717) is 0 Å². The van der Waals surface area contributed by atoms with E-state index in [9.17, 15) is 13.0 Å². The number of rotatable bonds is 1. The maximum atomic E-state index is 10.5. The normalized spacial score (nSPS) is 11.9. The van der Waals surface area contributed by atoms with Crippen molar-refractivity contribution < 1.29 is 13.0 Å². The average Bonchev–Trinajstić information content (AvgIpc) is 2.08. The average molecular weight is 175 g/mol. The van der Waals surface area contributed by atoms with Gasteiger partial charge >= 0.3 is 0 Å². The standard InChI is InChI=1S/C5H8N2O3S/c1-3-5(11(8,9)10)4(2)7-6-3/h1-2H3,(H,6,7)(H,8,9,10)/p-1. The van der Waals surface area contributed by atoms with Gasteiger partial charge in [-0.15, -0.1) is 0 Å². The number of aromatic amines is 1. The molecule has 1 N–H and O–H groups in total. The third-order valence-corrected chi connectivity index (χ3v) is 2.41. The number of nitrogens with one attached hydrogen (secondary N) is 1. The lowest BCUT2D eigenvalue weighted by atomic mass is 10.4. The van der Waals surface area contributed by atoms with Crippen molar-refractivity contribution in [3.8, 4) is 0 Å². The topological polar surface area (TPSA) is 85.9 Å². The highest BCUT2D eigenvalue weighted by atomic mass is 32.2. The van der Waals surface area contributed by atoms with E-state index < -0.39 is 10.1 Å². The molecule has 0 atom stereocenters. The lowest BCUT2D eigenvalue weighted by molar-refractivity contribution is 0.462. The summed E-state index contributed by atoms with van der Waals surface area (Å²) in [5.41, 5.74) is 0.509. The van der Waals surface area contributed by atoms with Crippen LogP contribution in [0.1, 0.15) is 11.4 Å². The van der Waals surface area contributed by atoms with Crippen LogP contribution in [0.2, 0.25) is 0 Å². The van der Waals surface area contributed by atoms with E-state index in [1.165, 1.54) is 13.8 Å². The summed E-state index contributed by atoms with van der Waals surface area (Å²) >= 11 is 0. The second-order valence-corrected chi connectivity index (χ2v) is 3.53. The minimum atomic E-state index is -4.36. The quantitative estimate of drug-likeness (QED) is 0.605. The van der Waals surface area contributed by atoms with Gasteiger partial charge in [-0.25, -0.2) is 8.42 Å². The van der Waals surface area contributed by atoms with Crippen molar-refractivity contribution >= 4 is 10.1 Å². The Morgan fingerprint density at radius 2 is 2.00 bits per heavy atom. The number of H-pyrrole nitrogens is 1. The fourth-order valence-electron chi connectivity index (χ4n) is 0.909. The van der Waals surface area contributed by atoms with Crippen molar-refractivity contribution in [2.24, 2.45) is 0 Å². The summed E-state index contributed by atoms with van der Waals surface area (Å²) in [6, 6.07) is 0. The summed E-state index contributed by atoms with van der Waals surface area (Å²) in [6.07, 6.45) is 0. The number of hydrogen-bond donors (Lipinski definition) is 1. The van der Waals surface area contributed by atoms with Crippen LogP contribution in [0.4, 0.5) is 0 Å². The number of nitrogens with zero attached hydrogens (tertiary/aromatic N) is 1. The maximum absolute atomic E-state index is 10.5. The molecule has 0 unspecified atom stereocenters. The van der Waals surface area contributed by atoms with E-state index in [0.717, 1.165) is 0 Å². The summed E-state index contributed by atoms with van der Waals surface area (Å²) in [6.45, 7) is 2.96. The fraction of sp³-hybridized carbons (Fsp3) is 0.400. The Balaban J connectivity index is 3.45. The molecule has 0 spiro atoms. The Bertz CT molecular complexity index is 346. The monoisotopic (exact) mass is 175 g/mol. The van der Waals surface area contributed by atoms with Crippen molar-refractivity contribution in [3.63, 3.8) is 0 Å². The summed E-state index contributed by atoms with van der Waals surface area (Å²) in [4.78, 5) is -0.238. The van der Waals surface area contributed by atoms with Gasteiger partial charge in [0, 0.05) is 5.69 Å². The highest BCUT2D eigenvalue weighted by molar-refractivity contribution is 7.85. The molecule has 0 radical (unpaired) electrons. The first kappa shape index (κ1) is 8.22. The first-order valence-electron chi connectivity index (χ1n) is 2.90. The Labute approximate surface area is 64.2 Å². The lowest BCUT2D eigenvalue weighted by Gasteiger charge is -2.05. The molecule has 5 nitrogen and oxygen atoms in total. The zero-order valence-corrected chi connectivity index (χ0v) is 6.90. The van der Waals surface area contributed by atoms with Crippen LogP contribution in [0, 0.1) is 13.8 Å². The summed E-state index contributed by atoms with van der Waals surface area (Å²) in [5.74, 6) is 0. The van der Waals surface area contributed by atoms with Gasteiger partial charge in [-0.1, -0.05) is 0 Å². The van der Waals surface area contributed by atoms with Crippen LogP contribution >= 0.6 is 0 Å². The van der Waals surface area contributed by atoms with Gasteiger partial charge in [-0.05, 0) is 13.8 Å². The molecule has 1 heterocycles. The molecule has 1 aromatic rings. The first-order chi connectivity index (χ1) is 4.93. The Morgan fingerprint density at radius 1 is 1.45 bits per heavy atom. The predicted octanol–water partition coefficient (Wildman–Crippen LogP) is -0.0694. The third-order valence-electron chi connectivity index (χ3n) is 1.31. The molecule has 11 heavy (non-hydrogen) atoms. The Kier molecular flexibility index (Phi) is 1.73. The lowest BCUT2D eigenvalue weighted by Crippen LogP contribution is -2.00. The molecule has 0 fully saturated rings. The fourth-order valence-corrected chi connectivity index (χ4v) is 1.74. The van der Waals surface area contributed by atoms with Crippen LogP contribution in [-0.2, 0) is 10.1 Å². The molecule has 0 saturated carbocycles. The van der Waals surface area contributed by atoms with Crippen molar-refractivity contribution in [2.45, 2.75) is 18.7 Å². The van der Waals surface area contributed by atoms with E-state index >= 15 is 0 Å².